The summed E-state index contributed by atoms with van der Waals surface area (Å²) >= 11 is 0. The molecule has 0 unspecified atom stereocenters. The summed E-state index contributed by atoms with van der Waals surface area (Å²) in [4.78, 5) is 5.87. The summed E-state index contributed by atoms with van der Waals surface area (Å²) in [5.74, 6) is 1.14. The molecule has 266 valence electrons. The van der Waals surface area contributed by atoms with Crippen LogP contribution in [0.3, 0.4) is 0 Å². The molecule has 10 aromatic carbocycles. The molecular formula is C55H36N2. The van der Waals surface area contributed by atoms with E-state index in [2.05, 4.69) is 180 Å². The molecule has 1 aromatic heterocycles. The number of hydrogen-bond donors (Lipinski definition) is 0. The van der Waals surface area contributed by atoms with Crippen molar-refractivity contribution in [2.24, 2.45) is 4.99 Å². The van der Waals surface area contributed by atoms with Gasteiger partial charge in [0.1, 0.15) is 5.84 Å². The van der Waals surface area contributed by atoms with E-state index in [1.54, 1.807) is 0 Å². The van der Waals surface area contributed by atoms with E-state index in [1.165, 1.54) is 109 Å². The molecule has 2 aliphatic rings. The van der Waals surface area contributed by atoms with Crippen LogP contribution in [0.1, 0.15) is 28.2 Å². The van der Waals surface area contributed by atoms with Gasteiger partial charge in [0, 0.05) is 27.5 Å². The van der Waals surface area contributed by atoms with Crippen LogP contribution in [0.15, 0.2) is 181 Å². The van der Waals surface area contributed by atoms with Gasteiger partial charge in [0.25, 0.3) is 0 Å². The Hall–Kier alpha value is -7.03. The third kappa shape index (κ3) is 4.44. The Morgan fingerprint density at radius 1 is 0.404 bits per heavy atom. The van der Waals surface area contributed by atoms with Gasteiger partial charge in [0.15, 0.2) is 0 Å². The molecule has 1 aliphatic heterocycles. The average molecular weight is 725 g/mol. The number of rotatable bonds is 1. The van der Waals surface area contributed by atoms with E-state index in [0.29, 0.717) is 0 Å². The average Bonchev–Trinajstić information content (AvgIpc) is 3.60. The van der Waals surface area contributed by atoms with Crippen LogP contribution >= 0.6 is 0 Å². The van der Waals surface area contributed by atoms with Crippen LogP contribution in [0.2, 0.25) is 0 Å². The van der Waals surface area contributed by atoms with Crippen molar-refractivity contribution < 1.29 is 0 Å². The smallest absolute Gasteiger partial charge is 0.122 e. The van der Waals surface area contributed by atoms with Gasteiger partial charge in [-0.05, 0) is 114 Å². The lowest BCUT2D eigenvalue weighted by atomic mass is 9.81. The lowest BCUT2D eigenvalue weighted by Gasteiger charge is -2.29. The van der Waals surface area contributed by atoms with Crippen molar-refractivity contribution in [3.05, 3.63) is 198 Å². The number of fused-ring (bicyclic) bond motifs is 17. The molecule has 0 radical (unpaired) electrons. The summed E-state index contributed by atoms with van der Waals surface area (Å²) in [6.45, 7) is 0. The van der Waals surface area contributed by atoms with Gasteiger partial charge in [-0.2, -0.15) is 0 Å². The summed E-state index contributed by atoms with van der Waals surface area (Å²) in [5, 5.41) is 15.2. The number of aliphatic imine (C=N–C) groups is 1. The van der Waals surface area contributed by atoms with E-state index in [0.717, 1.165) is 30.8 Å². The second kappa shape index (κ2) is 11.7. The van der Waals surface area contributed by atoms with Crippen LogP contribution in [0.4, 0.5) is 5.69 Å². The third-order valence-corrected chi connectivity index (χ3v) is 13.2. The van der Waals surface area contributed by atoms with Crippen molar-refractivity contribution in [2.75, 3.05) is 0 Å². The molecule has 11 aromatic rings. The number of aromatic nitrogens is 1. The highest BCUT2D eigenvalue weighted by Gasteiger charge is 2.31. The van der Waals surface area contributed by atoms with E-state index in [4.69, 9.17) is 4.99 Å². The van der Waals surface area contributed by atoms with Gasteiger partial charge in [-0.15, -0.1) is 0 Å². The van der Waals surface area contributed by atoms with Gasteiger partial charge in [-0.1, -0.05) is 158 Å². The maximum absolute atomic E-state index is 5.87. The van der Waals surface area contributed by atoms with E-state index < -0.39 is 0 Å². The Kier molecular flexibility index (Phi) is 6.43. The Labute approximate surface area is 330 Å². The largest absolute Gasteiger partial charge is 0.297 e. The fourth-order valence-electron chi connectivity index (χ4n) is 10.6. The first-order valence-corrected chi connectivity index (χ1v) is 20.3. The second-order valence-corrected chi connectivity index (χ2v) is 16.1. The topological polar surface area (TPSA) is 17.3 Å². The molecular weight excluding hydrogens is 689 g/mol. The van der Waals surface area contributed by atoms with E-state index in [1.807, 2.05) is 0 Å². The zero-order valence-electron chi connectivity index (χ0n) is 31.3. The van der Waals surface area contributed by atoms with Gasteiger partial charge >= 0.3 is 0 Å². The van der Waals surface area contributed by atoms with Crippen LogP contribution < -0.4 is 0 Å². The fraction of sp³-hybridized carbons (Fsp3) is 0.0727. The number of nitrogens with zero attached hydrogens (tertiary/aromatic N) is 2. The predicted octanol–water partition coefficient (Wildman–Crippen LogP) is 14.2. The summed E-state index contributed by atoms with van der Waals surface area (Å²) in [6, 6.07) is 65.9. The summed E-state index contributed by atoms with van der Waals surface area (Å²) in [6.07, 6.45) is 3.00. The quantitative estimate of drug-likeness (QED) is 0.150. The van der Waals surface area contributed by atoms with Crippen LogP contribution in [0, 0.1) is 0 Å². The number of aryl methyl sites for hydroxylation is 2. The molecule has 0 bridgehead atoms. The van der Waals surface area contributed by atoms with Crippen LogP contribution in [0.5, 0.6) is 0 Å². The van der Waals surface area contributed by atoms with Gasteiger partial charge in [0.05, 0.1) is 16.7 Å². The molecule has 13 rings (SSSR count). The molecule has 1 aliphatic carbocycles. The lowest BCUT2D eigenvalue weighted by molar-refractivity contribution is 0.827. The van der Waals surface area contributed by atoms with Crippen molar-refractivity contribution in [1.29, 1.82) is 0 Å². The van der Waals surface area contributed by atoms with Crippen LogP contribution in [0.25, 0.3) is 86.8 Å². The zero-order chi connectivity index (χ0) is 37.2. The highest BCUT2D eigenvalue weighted by atomic mass is 15.1. The first-order valence-electron chi connectivity index (χ1n) is 20.3. The summed E-state index contributed by atoms with van der Waals surface area (Å²) < 4.78 is 2.55. The molecule has 57 heavy (non-hydrogen) atoms. The third-order valence-electron chi connectivity index (χ3n) is 13.2. The van der Waals surface area contributed by atoms with Gasteiger partial charge in [-0.3, -0.25) is 4.57 Å². The monoisotopic (exact) mass is 724 g/mol. The van der Waals surface area contributed by atoms with E-state index in [9.17, 15) is 0 Å². The van der Waals surface area contributed by atoms with Crippen molar-refractivity contribution >= 4 is 87.2 Å². The number of benzene rings is 10. The maximum atomic E-state index is 5.87. The van der Waals surface area contributed by atoms with Crippen molar-refractivity contribution in [3.63, 3.8) is 0 Å². The molecule has 2 heterocycles. The maximum Gasteiger partial charge on any atom is 0.122 e. The molecule has 2 nitrogen and oxygen atoms in total. The molecule has 1 atom stereocenters. The zero-order valence-corrected chi connectivity index (χ0v) is 31.3. The molecule has 2 heteroatoms. The second-order valence-electron chi connectivity index (χ2n) is 16.1. The highest BCUT2D eigenvalue weighted by molar-refractivity contribution is 6.36. The molecule has 0 fully saturated rings. The first kappa shape index (κ1) is 31.2. The normalized spacial score (nSPS) is 15.1. The van der Waals surface area contributed by atoms with Crippen molar-refractivity contribution in [3.8, 4) is 11.1 Å². The Morgan fingerprint density at radius 2 is 1.04 bits per heavy atom. The fourth-order valence-corrected chi connectivity index (χ4v) is 10.6. The Balaban J connectivity index is 1.17. The molecule has 0 saturated heterocycles. The highest BCUT2D eigenvalue weighted by Crippen LogP contribution is 2.47. The predicted molar refractivity (Wildman–Crippen MR) is 242 cm³/mol. The minimum absolute atomic E-state index is 0.0513. The van der Waals surface area contributed by atoms with Gasteiger partial charge in [0.2, 0.25) is 0 Å². The molecule has 0 amide bonds. The van der Waals surface area contributed by atoms with E-state index >= 15 is 0 Å². The lowest BCUT2D eigenvalue weighted by Crippen LogP contribution is -2.26. The van der Waals surface area contributed by atoms with E-state index in [-0.39, 0.29) is 5.92 Å². The van der Waals surface area contributed by atoms with Crippen LogP contribution in [-0.2, 0) is 19.3 Å². The van der Waals surface area contributed by atoms with Gasteiger partial charge < -0.3 is 0 Å². The molecule has 0 spiro atoms. The van der Waals surface area contributed by atoms with Crippen molar-refractivity contribution in [2.45, 2.75) is 25.2 Å². The van der Waals surface area contributed by atoms with Crippen molar-refractivity contribution in [1.82, 2.24) is 4.57 Å². The summed E-state index contributed by atoms with van der Waals surface area (Å²) in [5.41, 5.74) is 11.8. The molecule has 0 N–H and O–H groups in total. The number of hydrogen-bond acceptors (Lipinski definition) is 1. The van der Waals surface area contributed by atoms with Gasteiger partial charge in [-0.25, -0.2) is 4.99 Å². The standard InChI is InChI=1S/C55H36N2/c1-2-14-36-32-51-49(30-35(36)13-1)53-50(28-27-47-45-19-8-7-17-43(45)44-18-9-10-20-46(44)52(47)53)57(51)55-48(31-39-24-22-34-12-4-6-16-42(34)54(39)56-55)38-25-26-41-37(29-38)23-21-33-11-3-5-15-40(33)41/h1-20,22,24-30,32,48H,21,23,31H2/t48-/m1/s1. The summed E-state index contributed by atoms with van der Waals surface area (Å²) in [7, 11) is 0. The Morgan fingerprint density at radius 3 is 1.86 bits per heavy atom. The SMILES string of the molecule is c1ccc2c(c1)CCc1cc([C@H]3Cc4ccc5ccccc5c4N=C3n3c4cc5ccccc5cc4c4c5c6ccccc6c6ccccc6c5ccc43)ccc1-2. The minimum atomic E-state index is 0.0513. The minimum Gasteiger partial charge on any atom is -0.297 e. The van der Waals surface area contributed by atoms with Crippen LogP contribution in [-0.4, -0.2) is 10.4 Å². The Bertz CT molecular complexity index is 3530. The molecule has 0 saturated carbocycles. The first-order chi connectivity index (χ1) is 28.3.